The number of furan rings is 1. The average molecular weight is 333 g/mol. The molecule has 0 unspecified atom stereocenters. The number of fused-ring (bicyclic) bond motifs is 1. The summed E-state index contributed by atoms with van der Waals surface area (Å²) >= 11 is 0. The largest absolute Gasteiger partial charge is 0.464 e. The van der Waals surface area contributed by atoms with E-state index in [-0.39, 0.29) is 17.8 Å². The second-order valence-corrected chi connectivity index (χ2v) is 5.68. The van der Waals surface area contributed by atoms with Gasteiger partial charge in [0.05, 0.1) is 6.26 Å². The van der Waals surface area contributed by atoms with Crippen LogP contribution in [0.2, 0.25) is 0 Å². The lowest BCUT2D eigenvalue weighted by Crippen LogP contribution is -2.16. The zero-order chi connectivity index (χ0) is 17.4. The Balaban J connectivity index is 1.62. The van der Waals surface area contributed by atoms with Gasteiger partial charge in [-0.3, -0.25) is 4.79 Å². The second-order valence-electron chi connectivity index (χ2n) is 5.68. The van der Waals surface area contributed by atoms with Crippen molar-refractivity contribution in [2.45, 2.75) is 6.92 Å². The molecular weight excluding hydrogens is 318 g/mol. The van der Waals surface area contributed by atoms with Crippen molar-refractivity contribution in [3.63, 3.8) is 0 Å². The lowest BCUT2D eigenvalue weighted by molar-refractivity contribution is 0.0948. The van der Waals surface area contributed by atoms with Gasteiger partial charge < -0.3 is 15.5 Å². The summed E-state index contributed by atoms with van der Waals surface area (Å²) in [5, 5.41) is 8.18. The number of nitrogens with two attached hydrogens (primary N) is 1. The van der Waals surface area contributed by atoms with Crippen LogP contribution in [-0.2, 0) is 0 Å². The quantitative estimate of drug-likeness (QED) is 0.596. The Labute approximate surface area is 143 Å². The molecule has 4 rings (SSSR count). The van der Waals surface area contributed by atoms with Crippen LogP contribution in [0, 0.1) is 6.92 Å². The average Bonchev–Trinajstić information content (AvgIpc) is 3.20. The standard InChI is InChI=1S/C18H15N5O2/c1-11-3-2-4-13(9-11)16(24)23-17(19)21-18(22-23)20-14-5-6-15-12(10-14)7-8-25-15/h2-10H,1H3,(H3,19,20,21,22). The van der Waals surface area contributed by atoms with Gasteiger partial charge in [0.2, 0.25) is 11.9 Å². The molecule has 0 aliphatic carbocycles. The van der Waals surface area contributed by atoms with E-state index in [0.717, 1.165) is 26.9 Å². The number of carbonyl (C=O) groups is 1. The molecule has 0 amide bonds. The Morgan fingerprint density at radius 3 is 2.92 bits per heavy atom. The normalized spacial score (nSPS) is 10.9. The Morgan fingerprint density at radius 2 is 2.08 bits per heavy atom. The molecule has 3 N–H and O–H groups in total. The van der Waals surface area contributed by atoms with Crippen molar-refractivity contribution in [3.05, 3.63) is 65.9 Å². The summed E-state index contributed by atoms with van der Waals surface area (Å²) in [5.74, 6) is -0.0493. The van der Waals surface area contributed by atoms with Gasteiger partial charge in [0.15, 0.2) is 0 Å². The summed E-state index contributed by atoms with van der Waals surface area (Å²) < 4.78 is 6.40. The topological polar surface area (TPSA) is 99.0 Å². The van der Waals surface area contributed by atoms with Gasteiger partial charge >= 0.3 is 0 Å². The number of carbonyl (C=O) groups excluding carboxylic acids is 1. The van der Waals surface area contributed by atoms with Gasteiger partial charge in [-0.15, -0.1) is 5.10 Å². The molecule has 7 heteroatoms. The maximum atomic E-state index is 12.6. The highest BCUT2D eigenvalue weighted by Crippen LogP contribution is 2.22. The molecule has 0 spiro atoms. The predicted octanol–water partition coefficient (Wildman–Crippen LogP) is 3.35. The van der Waals surface area contributed by atoms with Gasteiger partial charge in [0.25, 0.3) is 5.91 Å². The highest BCUT2D eigenvalue weighted by molar-refractivity contribution is 5.97. The molecular formula is C18H15N5O2. The van der Waals surface area contributed by atoms with Crippen molar-refractivity contribution in [1.29, 1.82) is 0 Å². The molecule has 0 saturated carbocycles. The van der Waals surface area contributed by atoms with Crippen LogP contribution in [-0.4, -0.2) is 20.7 Å². The van der Waals surface area contributed by atoms with Gasteiger partial charge in [-0.25, -0.2) is 0 Å². The van der Waals surface area contributed by atoms with Gasteiger partial charge in [-0.2, -0.15) is 9.67 Å². The van der Waals surface area contributed by atoms with Gasteiger partial charge in [-0.05, 0) is 43.3 Å². The van der Waals surface area contributed by atoms with Gasteiger partial charge in [0, 0.05) is 16.6 Å². The first-order chi connectivity index (χ1) is 12.1. The molecule has 4 aromatic rings. The van der Waals surface area contributed by atoms with Gasteiger partial charge in [0.1, 0.15) is 5.58 Å². The maximum Gasteiger partial charge on any atom is 0.281 e. The minimum absolute atomic E-state index is 0.0263. The lowest BCUT2D eigenvalue weighted by atomic mass is 10.1. The fourth-order valence-electron chi connectivity index (χ4n) is 2.60. The van der Waals surface area contributed by atoms with Crippen molar-refractivity contribution in [2.24, 2.45) is 0 Å². The molecule has 0 atom stereocenters. The molecule has 2 aromatic carbocycles. The number of aromatic nitrogens is 3. The first kappa shape index (κ1) is 14.9. The maximum absolute atomic E-state index is 12.6. The van der Waals surface area contributed by atoms with Crippen molar-refractivity contribution in [1.82, 2.24) is 14.8 Å². The van der Waals surface area contributed by atoms with Crippen LogP contribution in [0.1, 0.15) is 15.9 Å². The zero-order valence-electron chi connectivity index (χ0n) is 13.4. The number of rotatable bonds is 3. The summed E-state index contributed by atoms with van der Waals surface area (Å²) in [6.07, 6.45) is 1.62. The van der Waals surface area contributed by atoms with E-state index < -0.39 is 0 Å². The van der Waals surface area contributed by atoms with Crippen LogP contribution in [0.25, 0.3) is 11.0 Å². The Kier molecular flexibility index (Phi) is 3.46. The van der Waals surface area contributed by atoms with Crippen LogP contribution < -0.4 is 11.1 Å². The monoisotopic (exact) mass is 333 g/mol. The number of aryl methyl sites for hydroxylation is 1. The van der Waals surface area contributed by atoms with Crippen LogP contribution in [0.4, 0.5) is 17.6 Å². The van der Waals surface area contributed by atoms with Crippen molar-refractivity contribution >= 4 is 34.5 Å². The summed E-state index contributed by atoms with van der Waals surface area (Å²) in [6, 6.07) is 14.7. The van der Waals surface area contributed by atoms with E-state index in [4.69, 9.17) is 10.2 Å². The zero-order valence-corrected chi connectivity index (χ0v) is 13.4. The number of nitrogen functional groups attached to an aromatic ring is 1. The van der Waals surface area contributed by atoms with Crippen LogP contribution >= 0.6 is 0 Å². The first-order valence-corrected chi connectivity index (χ1v) is 7.68. The summed E-state index contributed by atoms with van der Waals surface area (Å²) in [4.78, 5) is 16.7. The van der Waals surface area contributed by atoms with E-state index >= 15 is 0 Å². The Hall–Kier alpha value is -3.61. The number of nitrogens with one attached hydrogen (secondary N) is 1. The van der Waals surface area contributed by atoms with E-state index in [1.807, 2.05) is 43.3 Å². The molecule has 2 aromatic heterocycles. The molecule has 0 saturated heterocycles. The molecule has 2 heterocycles. The van der Waals surface area contributed by atoms with E-state index in [2.05, 4.69) is 15.4 Å². The lowest BCUT2D eigenvalue weighted by Gasteiger charge is -2.03. The number of nitrogens with zero attached hydrogens (tertiary/aromatic N) is 3. The predicted molar refractivity (Wildman–Crippen MR) is 94.8 cm³/mol. The number of anilines is 3. The second kappa shape index (κ2) is 5.79. The first-order valence-electron chi connectivity index (χ1n) is 7.68. The Bertz CT molecular complexity index is 1080. The van der Waals surface area contributed by atoms with Gasteiger partial charge in [-0.1, -0.05) is 17.7 Å². The summed E-state index contributed by atoms with van der Waals surface area (Å²) in [7, 11) is 0. The van der Waals surface area contributed by atoms with Crippen LogP contribution in [0.5, 0.6) is 0 Å². The fraction of sp³-hybridized carbons (Fsp3) is 0.0556. The smallest absolute Gasteiger partial charge is 0.281 e. The third-order valence-electron chi connectivity index (χ3n) is 3.80. The van der Waals surface area contributed by atoms with Crippen molar-refractivity contribution in [3.8, 4) is 0 Å². The highest BCUT2D eigenvalue weighted by Gasteiger charge is 2.16. The van der Waals surface area contributed by atoms with E-state index in [1.165, 1.54) is 0 Å². The third kappa shape index (κ3) is 2.83. The molecule has 0 bridgehead atoms. The highest BCUT2D eigenvalue weighted by atomic mass is 16.3. The SMILES string of the molecule is Cc1cccc(C(=O)n2nc(Nc3ccc4occc4c3)nc2N)c1. The molecule has 0 aliphatic rings. The molecule has 7 nitrogen and oxygen atoms in total. The molecule has 0 aliphatic heterocycles. The van der Waals surface area contributed by atoms with E-state index in [9.17, 15) is 4.79 Å². The number of hydrogen-bond acceptors (Lipinski definition) is 6. The minimum atomic E-state index is -0.327. The van der Waals surface area contributed by atoms with E-state index in [1.54, 1.807) is 18.4 Å². The third-order valence-corrected chi connectivity index (χ3v) is 3.80. The van der Waals surface area contributed by atoms with Crippen molar-refractivity contribution in [2.75, 3.05) is 11.1 Å². The fourth-order valence-corrected chi connectivity index (χ4v) is 2.60. The number of benzene rings is 2. The van der Waals surface area contributed by atoms with Crippen LogP contribution in [0.15, 0.2) is 59.2 Å². The summed E-state index contributed by atoms with van der Waals surface area (Å²) in [5.41, 5.74) is 8.91. The number of hydrogen-bond donors (Lipinski definition) is 2. The Morgan fingerprint density at radius 1 is 1.20 bits per heavy atom. The summed E-state index contributed by atoms with van der Waals surface area (Å²) in [6.45, 7) is 1.92. The van der Waals surface area contributed by atoms with E-state index in [0.29, 0.717) is 5.56 Å². The molecule has 0 fully saturated rings. The molecule has 124 valence electrons. The minimum Gasteiger partial charge on any atom is -0.464 e. The molecule has 0 radical (unpaired) electrons. The molecule has 25 heavy (non-hydrogen) atoms. The van der Waals surface area contributed by atoms with Crippen LogP contribution in [0.3, 0.4) is 0 Å². The van der Waals surface area contributed by atoms with Crippen molar-refractivity contribution < 1.29 is 9.21 Å².